The van der Waals surface area contributed by atoms with Gasteiger partial charge in [0.2, 0.25) is 5.88 Å². The van der Waals surface area contributed by atoms with Crippen molar-refractivity contribution < 1.29 is 9.47 Å². The molecule has 0 aliphatic carbocycles. The molecule has 6 nitrogen and oxygen atoms in total. The second kappa shape index (κ2) is 13.2. The summed E-state index contributed by atoms with van der Waals surface area (Å²) in [5.74, 6) is 1.55. The second-order valence-electron chi connectivity index (χ2n) is 6.81. The molecule has 0 radical (unpaired) electrons. The second-order valence-corrected chi connectivity index (χ2v) is 6.81. The van der Waals surface area contributed by atoms with Gasteiger partial charge < -0.3 is 19.7 Å². The molecule has 1 N–H and O–H groups in total. The van der Waals surface area contributed by atoms with Gasteiger partial charge in [-0.3, -0.25) is 0 Å². The third-order valence-corrected chi connectivity index (χ3v) is 4.73. The van der Waals surface area contributed by atoms with Gasteiger partial charge in [-0.2, -0.15) is 0 Å². The molecule has 1 aromatic heterocycles. The molecule has 162 valence electrons. The van der Waals surface area contributed by atoms with Gasteiger partial charge in [0.1, 0.15) is 6.61 Å². The number of aliphatic imine (C=N–C) groups is 1. The van der Waals surface area contributed by atoms with Crippen LogP contribution in [0.15, 0.2) is 59.7 Å². The lowest BCUT2D eigenvalue weighted by atomic mass is 10.00. The predicted octanol–water partition coefficient (Wildman–Crippen LogP) is 3.98. The summed E-state index contributed by atoms with van der Waals surface area (Å²) in [5, 5.41) is 3.41. The van der Waals surface area contributed by atoms with E-state index >= 15 is 0 Å². The van der Waals surface area contributed by atoms with E-state index in [0.717, 1.165) is 37.6 Å². The highest BCUT2D eigenvalue weighted by molar-refractivity contribution is 14.0. The van der Waals surface area contributed by atoms with Crippen LogP contribution in [0.25, 0.3) is 5.57 Å². The fourth-order valence-corrected chi connectivity index (χ4v) is 3.19. The number of nitrogens with one attached hydrogen (secondary N) is 1. The Balaban J connectivity index is 0.00000320. The summed E-state index contributed by atoms with van der Waals surface area (Å²) in [6, 6.07) is 14.5. The van der Waals surface area contributed by atoms with Crippen molar-refractivity contribution in [1.82, 2.24) is 15.2 Å². The summed E-state index contributed by atoms with van der Waals surface area (Å²) in [4.78, 5) is 11.4. The first-order valence-electron chi connectivity index (χ1n) is 10.1. The van der Waals surface area contributed by atoms with E-state index in [-0.39, 0.29) is 24.0 Å². The highest BCUT2D eigenvalue weighted by atomic mass is 127. The van der Waals surface area contributed by atoms with Crippen molar-refractivity contribution in [2.24, 2.45) is 4.99 Å². The maximum absolute atomic E-state index is 5.51. The highest BCUT2D eigenvalue weighted by Gasteiger charge is 2.16. The normalized spacial score (nSPS) is 14.0. The molecule has 0 saturated heterocycles. The molecular formula is C23H31IN4O2. The van der Waals surface area contributed by atoms with Crippen LogP contribution in [0, 0.1) is 0 Å². The van der Waals surface area contributed by atoms with E-state index in [2.05, 4.69) is 58.5 Å². The minimum absolute atomic E-state index is 0. The zero-order valence-electron chi connectivity index (χ0n) is 17.7. The summed E-state index contributed by atoms with van der Waals surface area (Å²) in [5.41, 5.74) is 3.77. The Hall–Kier alpha value is -2.13. The first-order chi connectivity index (χ1) is 14.3. The Bertz CT molecular complexity index is 810. The average Bonchev–Trinajstić information content (AvgIpc) is 2.78. The van der Waals surface area contributed by atoms with Crippen LogP contribution in [0.5, 0.6) is 5.88 Å². The van der Waals surface area contributed by atoms with Crippen LogP contribution in [0.3, 0.4) is 0 Å². The number of hydrogen-bond donors (Lipinski definition) is 1. The van der Waals surface area contributed by atoms with Crippen LogP contribution in [0.4, 0.5) is 0 Å². The minimum atomic E-state index is 0. The summed E-state index contributed by atoms with van der Waals surface area (Å²) in [6.45, 7) is 6.39. The van der Waals surface area contributed by atoms with Gasteiger partial charge in [-0.05, 0) is 30.0 Å². The number of nitrogens with zero attached hydrogens (tertiary/aromatic N) is 3. The monoisotopic (exact) mass is 522 g/mol. The van der Waals surface area contributed by atoms with Crippen LogP contribution in [-0.2, 0) is 11.3 Å². The molecule has 0 saturated carbocycles. The molecule has 0 spiro atoms. The molecule has 0 bridgehead atoms. The van der Waals surface area contributed by atoms with Crippen molar-refractivity contribution in [3.8, 4) is 5.88 Å². The van der Waals surface area contributed by atoms with Crippen molar-refractivity contribution in [1.29, 1.82) is 0 Å². The quantitative estimate of drug-likeness (QED) is 0.246. The molecule has 2 heterocycles. The molecule has 0 unspecified atom stereocenters. The lowest BCUT2D eigenvalue weighted by Crippen LogP contribution is -2.43. The number of pyridine rings is 1. The molecule has 7 heteroatoms. The predicted molar refractivity (Wildman–Crippen MR) is 132 cm³/mol. The van der Waals surface area contributed by atoms with E-state index in [9.17, 15) is 0 Å². The van der Waals surface area contributed by atoms with Gasteiger partial charge in [-0.1, -0.05) is 42.5 Å². The molecular weight excluding hydrogens is 491 g/mol. The fourth-order valence-electron chi connectivity index (χ4n) is 3.19. The molecule has 2 aromatic rings. The highest BCUT2D eigenvalue weighted by Crippen LogP contribution is 2.22. The molecule has 0 atom stereocenters. The summed E-state index contributed by atoms with van der Waals surface area (Å²) in [6.07, 6.45) is 5.14. The van der Waals surface area contributed by atoms with E-state index < -0.39 is 0 Å². The molecule has 3 rings (SSSR count). The topological polar surface area (TPSA) is 59.0 Å². The molecule has 1 aromatic carbocycles. The molecule has 0 amide bonds. The third-order valence-electron chi connectivity index (χ3n) is 4.73. The minimum Gasteiger partial charge on any atom is -0.475 e. The van der Waals surface area contributed by atoms with Gasteiger partial charge >= 0.3 is 0 Å². The lowest BCUT2D eigenvalue weighted by Gasteiger charge is -2.30. The van der Waals surface area contributed by atoms with Crippen molar-refractivity contribution in [3.05, 3.63) is 65.9 Å². The third kappa shape index (κ3) is 7.28. The number of rotatable bonds is 8. The maximum atomic E-state index is 5.51. The molecule has 1 aliphatic heterocycles. The Morgan fingerprint density at radius 1 is 1.17 bits per heavy atom. The smallest absolute Gasteiger partial charge is 0.213 e. The first kappa shape index (κ1) is 24.1. The number of methoxy groups -OCH3 is 1. The Morgan fingerprint density at radius 2 is 2.00 bits per heavy atom. The van der Waals surface area contributed by atoms with Crippen molar-refractivity contribution >= 4 is 35.5 Å². The summed E-state index contributed by atoms with van der Waals surface area (Å²) < 4.78 is 10.5. The van der Waals surface area contributed by atoms with Gasteiger partial charge in [0.15, 0.2) is 5.96 Å². The SMILES string of the molecule is CCNC(=NCc1ccc(OCCOC)nc1)N1CC=C(c2ccccc2)CC1.I. The molecule has 30 heavy (non-hydrogen) atoms. The Kier molecular flexibility index (Phi) is 10.6. The number of benzene rings is 1. The van der Waals surface area contributed by atoms with Crippen molar-refractivity contribution in [3.63, 3.8) is 0 Å². The standard InChI is InChI=1S/C23H30N4O2.HI/c1-3-24-23(26-18-19-9-10-22(25-17-19)29-16-15-28-2)27-13-11-21(12-14-27)20-7-5-4-6-8-20;/h4-11,17H,3,12-16,18H2,1-2H3,(H,24,26);1H. The van der Waals surface area contributed by atoms with E-state index in [4.69, 9.17) is 14.5 Å². The van der Waals surface area contributed by atoms with Crippen LogP contribution >= 0.6 is 24.0 Å². The van der Waals surface area contributed by atoms with Crippen LogP contribution < -0.4 is 10.1 Å². The number of guanidine groups is 1. The van der Waals surface area contributed by atoms with E-state index in [0.29, 0.717) is 25.6 Å². The number of halogens is 1. The van der Waals surface area contributed by atoms with E-state index in [1.54, 1.807) is 7.11 Å². The first-order valence-corrected chi connectivity index (χ1v) is 10.1. The van der Waals surface area contributed by atoms with E-state index in [1.165, 1.54) is 11.1 Å². The lowest BCUT2D eigenvalue weighted by molar-refractivity contribution is 0.143. The fraction of sp³-hybridized carbons (Fsp3) is 0.391. The van der Waals surface area contributed by atoms with Gasteiger partial charge in [0.05, 0.1) is 13.2 Å². The van der Waals surface area contributed by atoms with Crippen LogP contribution in [-0.4, -0.2) is 55.8 Å². The van der Waals surface area contributed by atoms with Crippen molar-refractivity contribution in [2.45, 2.75) is 19.9 Å². The summed E-state index contributed by atoms with van der Waals surface area (Å²) >= 11 is 0. The molecule has 1 aliphatic rings. The van der Waals surface area contributed by atoms with Crippen molar-refractivity contribution in [2.75, 3.05) is 40.0 Å². The van der Waals surface area contributed by atoms with Gasteiger partial charge in [-0.15, -0.1) is 24.0 Å². The maximum Gasteiger partial charge on any atom is 0.213 e. The zero-order valence-corrected chi connectivity index (χ0v) is 20.0. The van der Waals surface area contributed by atoms with Gasteiger partial charge in [-0.25, -0.2) is 9.98 Å². The zero-order chi connectivity index (χ0) is 20.3. The number of aromatic nitrogens is 1. The Morgan fingerprint density at radius 3 is 2.63 bits per heavy atom. The number of hydrogen-bond acceptors (Lipinski definition) is 4. The summed E-state index contributed by atoms with van der Waals surface area (Å²) in [7, 11) is 1.65. The Labute approximate surface area is 196 Å². The van der Waals surface area contributed by atoms with Gasteiger partial charge in [0.25, 0.3) is 0 Å². The van der Waals surface area contributed by atoms with Crippen LogP contribution in [0.1, 0.15) is 24.5 Å². The molecule has 0 fully saturated rings. The van der Waals surface area contributed by atoms with Crippen LogP contribution in [0.2, 0.25) is 0 Å². The van der Waals surface area contributed by atoms with E-state index in [1.807, 2.05) is 18.3 Å². The number of ether oxygens (including phenoxy) is 2. The largest absolute Gasteiger partial charge is 0.475 e. The van der Waals surface area contributed by atoms with Gasteiger partial charge in [0, 0.05) is 39.0 Å². The average molecular weight is 522 g/mol.